The van der Waals surface area contributed by atoms with Crippen LogP contribution in [0.15, 0.2) is 18.2 Å². The Labute approximate surface area is 109 Å². The van der Waals surface area contributed by atoms with E-state index >= 15 is 0 Å². The van der Waals surface area contributed by atoms with Crippen molar-refractivity contribution in [1.29, 1.82) is 0 Å². The summed E-state index contributed by atoms with van der Waals surface area (Å²) in [6.07, 6.45) is -0.593. The smallest absolute Gasteiger partial charge is 0.303 e. The number of benzene rings is 1. The van der Waals surface area contributed by atoms with Crippen LogP contribution in [0.4, 0.5) is 0 Å². The van der Waals surface area contributed by atoms with Crippen LogP contribution in [0, 0.1) is 0 Å². The van der Waals surface area contributed by atoms with Crippen LogP contribution in [-0.2, 0) is 16.2 Å². The lowest BCUT2D eigenvalue weighted by atomic mass is 10.2. The Kier molecular flexibility index (Phi) is 7.71. The van der Waals surface area contributed by atoms with Crippen LogP contribution in [-0.4, -0.2) is 39.5 Å². The number of rotatable bonds is 5. The van der Waals surface area contributed by atoms with Gasteiger partial charge in [-0.15, -0.1) is 0 Å². The van der Waals surface area contributed by atoms with Gasteiger partial charge in [0.1, 0.15) is 0 Å². The van der Waals surface area contributed by atoms with Crippen molar-refractivity contribution >= 4 is 11.9 Å². The zero-order valence-electron chi connectivity index (χ0n) is 10.4. The predicted molar refractivity (Wildman–Crippen MR) is 65.1 cm³/mol. The first-order valence-electron chi connectivity index (χ1n) is 5.31. The molecule has 19 heavy (non-hydrogen) atoms. The van der Waals surface area contributed by atoms with Gasteiger partial charge in [-0.1, -0.05) is 6.07 Å². The Morgan fingerprint density at radius 3 is 2.05 bits per heavy atom. The lowest BCUT2D eigenvalue weighted by molar-refractivity contribution is -0.143. The maximum atomic E-state index is 9.64. The van der Waals surface area contributed by atoms with Gasteiger partial charge in [-0.2, -0.15) is 0 Å². The van der Waals surface area contributed by atoms with E-state index in [0.29, 0.717) is 5.75 Å². The Morgan fingerprint density at radius 1 is 1.16 bits per heavy atom. The molecule has 0 aliphatic carbocycles. The minimum Gasteiger partial charge on any atom is -0.504 e. The number of ether oxygens (including phenoxy) is 1. The van der Waals surface area contributed by atoms with Crippen LogP contribution < -0.4 is 4.74 Å². The van der Waals surface area contributed by atoms with Crippen LogP contribution in [0.3, 0.4) is 0 Å². The minimum absolute atomic E-state index is 0.0450. The van der Waals surface area contributed by atoms with E-state index in [2.05, 4.69) is 0 Å². The second kappa shape index (κ2) is 8.76. The van der Waals surface area contributed by atoms with Crippen LogP contribution >= 0.6 is 0 Å². The van der Waals surface area contributed by atoms with Gasteiger partial charge in [0.25, 0.3) is 0 Å². The van der Waals surface area contributed by atoms with Crippen molar-refractivity contribution in [1.82, 2.24) is 0 Å². The molecule has 1 aromatic rings. The topological polar surface area (TPSA) is 124 Å². The number of aliphatic hydroxyl groups excluding tert-OH is 1. The highest BCUT2D eigenvalue weighted by molar-refractivity contribution is 5.75. The largest absolute Gasteiger partial charge is 0.504 e. The number of aliphatic hydroxyl groups is 1. The number of phenols is 1. The van der Waals surface area contributed by atoms with Crippen molar-refractivity contribution in [2.24, 2.45) is 0 Å². The molecule has 0 fully saturated rings. The number of carbonyl (C=O) groups is 2. The van der Waals surface area contributed by atoms with Crippen LogP contribution in [0.25, 0.3) is 0 Å². The maximum absolute atomic E-state index is 9.64. The highest BCUT2D eigenvalue weighted by Gasteiger charge is 2.01. The quantitative estimate of drug-likeness (QED) is 0.625. The van der Waals surface area contributed by atoms with Crippen molar-refractivity contribution in [3.8, 4) is 11.5 Å². The lowest BCUT2D eigenvalue weighted by Crippen LogP contribution is -2.00. The maximum Gasteiger partial charge on any atom is 0.303 e. The van der Waals surface area contributed by atoms with E-state index in [1.165, 1.54) is 13.2 Å². The van der Waals surface area contributed by atoms with Gasteiger partial charge in [0.15, 0.2) is 11.5 Å². The Bertz CT molecular complexity index is 414. The van der Waals surface area contributed by atoms with E-state index in [1.54, 1.807) is 12.1 Å². The summed E-state index contributed by atoms with van der Waals surface area (Å²) >= 11 is 0. The molecule has 106 valence electrons. The predicted octanol–water partition coefficient (Wildman–Crippen LogP) is 0.829. The first-order valence-corrected chi connectivity index (χ1v) is 5.31. The van der Waals surface area contributed by atoms with Crippen molar-refractivity contribution in [3.63, 3.8) is 0 Å². The van der Waals surface area contributed by atoms with Gasteiger partial charge in [0, 0.05) is 0 Å². The summed E-state index contributed by atoms with van der Waals surface area (Å²) in [4.78, 5) is 19.3. The van der Waals surface area contributed by atoms with Gasteiger partial charge in [0.2, 0.25) is 0 Å². The zero-order chi connectivity index (χ0) is 14.8. The summed E-state index contributed by atoms with van der Waals surface area (Å²) in [6.45, 7) is -0.0450. The van der Waals surface area contributed by atoms with E-state index < -0.39 is 11.9 Å². The normalized spacial score (nSPS) is 9.16. The number of aliphatic carboxylic acids is 2. The van der Waals surface area contributed by atoms with Gasteiger partial charge >= 0.3 is 11.9 Å². The van der Waals surface area contributed by atoms with Crippen LogP contribution in [0.1, 0.15) is 18.4 Å². The van der Waals surface area contributed by atoms with Crippen LogP contribution in [0.2, 0.25) is 0 Å². The van der Waals surface area contributed by atoms with Crippen molar-refractivity contribution in [3.05, 3.63) is 23.8 Å². The molecule has 7 nitrogen and oxygen atoms in total. The van der Waals surface area contributed by atoms with E-state index in [-0.39, 0.29) is 25.2 Å². The summed E-state index contributed by atoms with van der Waals surface area (Å²) in [5, 5.41) is 33.6. The third kappa shape index (κ3) is 7.61. The first-order chi connectivity index (χ1) is 8.90. The Balaban J connectivity index is 0.000000362. The Hall–Kier alpha value is -2.28. The number of carboxylic acid groups (broad SMARTS) is 2. The summed E-state index contributed by atoms with van der Waals surface area (Å²) in [7, 11) is 1.47. The molecular weight excluding hydrogens is 256 g/mol. The van der Waals surface area contributed by atoms with E-state index in [1.807, 2.05) is 0 Å². The molecule has 0 heterocycles. The zero-order valence-corrected chi connectivity index (χ0v) is 10.4. The van der Waals surface area contributed by atoms with Gasteiger partial charge in [0.05, 0.1) is 26.6 Å². The molecule has 0 saturated carbocycles. The summed E-state index contributed by atoms with van der Waals surface area (Å²) in [5.74, 6) is -1.68. The lowest BCUT2D eigenvalue weighted by Gasteiger charge is -2.03. The second-order valence-electron chi connectivity index (χ2n) is 3.45. The highest BCUT2D eigenvalue weighted by atomic mass is 16.5. The van der Waals surface area contributed by atoms with Crippen molar-refractivity contribution in [2.75, 3.05) is 7.11 Å². The standard InChI is InChI=1S/C8H10O3.C4H6O4/c1-11-8-4-6(5-9)2-3-7(8)10;5-3(6)1-2-4(7)8/h2-4,9-10H,5H2,1H3;1-2H2,(H,5,6)(H,7,8). The number of methoxy groups -OCH3 is 1. The summed E-state index contributed by atoms with van der Waals surface area (Å²) in [6, 6.07) is 4.72. The van der Waals surface area contributed by atoms with E-state index in [9.17, 15) is 9.59 Å². The van der Waals surface area contributed by atoms with Crippen molar-refractivity contribution < 1.29 is 34.8 Å². The molecule has 0 bridgehead atoms. The van der Waals surface area contributed by atoms with Gasteiger partial charge in [-0.3, -0.25) is 9.59 Å². The van der Waals surface area contributed by atoms with Crippen molar-refractivity contribution in [2.45, 2.75) is 19.4 Å². The molecule has 0 amide bonds. The fourth-order valence-electron chi connectivity index (χ4n) is 1.03. The molecule has 0 radical (unpaired) electrons. The van der Waals surface area contributed by atoms with Gasteiger partial charge < -0.3 is 25.2 Å². The molecule has 0 aromatic heterocycles. The van der Waals surface area contributed by atoms with E-state index in [0.717, 1.165) is 5.56 Å². The fourth-order valence-corrected chi connectivity index (χ4v) is 1.03. The molecular formula is C12H16O7. The average Bonchev–Trinajstić information content (AvgIpc) is 2.37. The third-order valence-electron chi connectivity index (χ3n) is 1.98. The molecule has 4 N–H and O–H groups in total. The molecule has 0 unspecified atom stereocenters. The third-order valence-corrected chi connectivity index (χ3v) is 1.98. The minimum atomic E-state index is -1.08. The summed E-state index contributed by atoms with van der Waals surface area (Å²) in [5.41, 5.74) is 0.722. The SMILES string of the molecule is COc1cc(CO)ccc1O.O=C(O)CCC(=O)O. The number of hydrogen-bond donors (Lipinski definition) is 4. The second-order valence-corrected chi connectivity index (χ2v) is 3.45. The molecule has 0 saturated heterocycles. The van der Waals surface area contributed by atoms with Gasteiger partial charge in [-0.05, 0) is 17.7 Å². The monoisotopic (exact) mass is 272 g/mol. The molecule has 0 aliphatic heterocycles. The Morgan fingerprint density at radius 2 is 1.68 bits per heavy atom. The highest BCUT2D eigenvalue weighted by Crippen LogP contribution is 2.25. The number of phenolic OH excluding ortho intramolecular Hbond substituents is 1. The average molecular weight is 272 g/mol. The van der Waals surface area contributed by atoms with Gasteiger partial charge in [-0.25, -0.2) is 0 Å². The van der Waals surface area contributed by atoms with E-state index in [4.69, 9.17) is 25.2 Å². The molecule has 1 aromatic carbocycles. The first kappa shape index (κ1) is 16.7. The molecule has 0 aliphatic rings. The molecule has 7 heteroatoms. The molecule has 1 rings (SSSR count). The molecule has 0 atom stereocenters. The number of carboxylic acids is 2. The van der Waals surface area contributed by atoms with Crippen LogP contribution in [0.5, 0.6) is 11.5 Å². The fraction of sp³-hybridized carbons (Fsp3) is 0.333. The molecule has 0 spiro atoms. The number of hydrogen-bond acceptors (Lipinski definition) is 5. The number of aromatic hydroxyl groups is 1. The summed E-state index contributed by atoms with van der Waals surface area (Å²) < 4.78 is 4.83.